The summed E-state index contributed by atoms with van der Waals surface area (Å²) in [6.45, 7) is 0. The zero-order valence-corrected chi connectivity index (χ0v) is 12.1. The van der Waals surface area contributed by atoms with Crippen LogP contribution in [-0.2, 0) is 5.54 Å². The second kappa shape index (κ2) is 5.11. The molecule has 2 N–H and O–H groups in total. The van der Waals surface area contributed by atoms with Crippen molar-refractivity contribution in [2.24, 2.45) is 0 Å². The maximum Gasteiger partial charge on any atom is 0.164 e. The minimum absolute atomic E-state index is 0. The molecular weight excluding hydrogens is 272 g/mol. The van der Waals surface area contributed by atoms with Crippen molar-refractivity contribution in [1.82, 2.24) is 15.0 Å². The van der Waals surface area contributed by atoms with Gasteiger partial charge in [-0.2, -0.15) is 0 Å². The molecule has 0 amide bonds. The highest BCUT2D eigenvalue weighted by Crippen LogP contribution is 2.40. The Labute approximate surface area is 125 Å². The molecule has 0 saturated heterocycles. The van der Waals surface area contributed by atoms with Gasteiger partial charge >= 0.3 is 0 Å². The highest BCUT2D eigenvalue weighted by atomic mass is 35.5. The van der Waals surface area contributed by atoms with Gasteiger partial charge in [0.05, 0.1) is 11.2 Å². The van der Waals surface area contributed by atoms with Gasteiger partial charge < -0.3 is 9.99 Å². The molecular formula is C15H19ClN4. The van der Waals surface area contributed by atoms with Crippen molar-refractivity contribution in [2.75, 3.05) is 5.43 Å². The molecule has 2 aliphatic rings. The van der Waals surface area contributed by atoms with Crippen LogP contribution < -0.4 is 10.9 Å². The van der Waals surface area contributed by atoms with Crippen molar-refractivity contribution in [3.63, 3.8) is 0 Å². The second-order valence-corrected chi connectivity index (χ2v) is 5.53. The van der Waals surface area contributed by atoms with Gasteiger partial charge in [0, 0.05) is 18.1 Å². The summed E-state index contributed by atoms with van der Waals surface area (Å²) in [4.78, 5) is 4.44. The van der Waals surface area contributed by atoms with E-state index in [1.807, 2.05) is 12.3 Å². The molecule has 1 spiro atoms. The summed E-state index contributed by atoms with van der Waals surface area (Å²) >= 11 is 0. The fourth-order valence-corrected chi connectivity index (χ4v) is 3.45. The Morgan fingerprint density at radius 1 is 1.10 bits per heavy atom. The van der Waals surface area contributed by atoms with Crippen molar-refractivity contribution in [3.05, 3.63) is 42.4 Å². The molecule has 3 heterocycles. The molecule has 1 fully saturated rings. The maximum atomic E-state index is 4.44. The predicted molar refractivity (Wildman–Crippen MR) is 82.3 cm³/mol. The quantitative estimate of drug-likeness (QED) is 0.781. The van der Waals surface area contributed by atoms with Crippen LogP contribution in [0.1, 0.15) is 37.8 Å². The number of pyridine rings is 1. The van der Waals surface area contributed by atoms with Gasteiger partial charge in [-0.05, 0) is 37.1 Å². The summed E-state index contributed by atoms with van der Waals surface area (Å²) in [5, 5.41) is 0. The van der Waals surface area contributed by atoms with Gasteiger partial charge in [0.2, 0.25) is 0 Å². The number of hydrazine groups is 1. The van der Waals surface area contributed by atoms with Crippen LogP contribution in [-0.4, -0.2) is 9.55 Å². The number of rotatable bonds is 0. The summed E-state index contributed by atoms with van der Waals surface area (Å²) in [6.07, 6.45) is 10.2. The third-order valence-corrected chi connectivity index (χ3v) is 4.41. The molecule has 0 unspecified atom stereocenters. The van der Waals surface area contributed by atoms with Crippen LogP contribution in [0, 0.1) is 0 Å². The summed E-state index contributed by atoms with van der Waals surface area (Å²) in [7, 11) is 0. The molecule has 5 heteroatoms. The van der Waals surface area contributed by atoms with E-state index in [4.69, 9.17) is 0 Å². The van der Waals surface area contributed by atoms with Crippen LogP contribution in [0.4, 0.5) is 5.82 Å². The molecule has 0 radical (unpaired) electrons. The predicted octanol–water partition coefficient (Wildman–Crippen LogP) is 3.38. The lowest BCUT2D eigenvalue weighted by Crippen LogP contribution is -2.46. The van der Waals surface area contributed by atoms with Crippen LogP contribution in [0.25, 0.3) is 5.69 Å². The zero-order valence-electron chi connectivity index (χ0n) is 11.3. The van der Waals surface area contributed by atoms with E-state index in [0.717, 1.165) is 11.5 Å². The molecule has 0 atom stereocenters. The lowest BCUT2D eigenvalue weighted by atomic mass is 9.80. The fourth-order valence-electron chi connectivity index (χ4n) is 3.45. The first-order valence-electron chi connectivity index (χ1n) is 7.06. The number of nitrogens with one attached hydrogen (secondary N) is 2. The molecule has 0 bridgehead atoms. The number of anilines is 1. The Hall–Kier alpha value is -1.52. The van der Waals surface area contributed by atoms with E-state index in [1.54, 1.807) is 0 Å². The van der Waals surface area contributed by atoms with E-state index in [0.29, 0.717) is 0 Å². The molecule has 1 aliphatic carbocycles. The molecule has 1 aliphatic heterocycles. The summed E-state index contributed by atoms with van der Waals surface area (Å²) in [6, 6.07) is 8.48. The first-order valence-corrected chi connectivity index (χ1v) is 7.06. The molecule has 2 aromatic rings. The van der Waals surface area contributed by atoms with Gasteiger partial charge in [0.25, 0.3) is 0 Å². The Kier molecular flexibility index (Phi) is 3.44. The third kappa shape index (κ3) is 1.91. The van der Waals surface area contributed by atoms with Crippen molar-refractivity contribution in [1.29, 1.82) is 0 Å². The molecule has 20 heavy (non-hydrogen) atoms. The monoisotopic (exact) mass is 290 g/mol. The van der Waals surface area contributed by atoms with Gasteiger partial charge in [-0.3, -0.25) is 0 Å². The van der Waals surface area contributed by atoms with E-state index >= 15 is 0 Å². The molecule has 4 rings (SSSR count). The Balaban J connectivity index is 0.00000121. The first-order chi connectivity index (χ1) is 9.39. The van der Waals surface area contributed by atoms with E-state index in [-0.39, 0.29) is 17.9 Å². The summed E-state index contributed by atoms with van der Waals surface area (Å²) < 4.78 is 2.28. The standard InChI is InChI=1S/C15H18N4.ClH/c1-2-8-15(9-3-1)13-7-5-11-19(13)12-6-4-10-16-14(12)17-18-15;/h4-7,10-11,18H,1-3,8-9H2,(H,16,17);1H. The normalized spacial score (nSPS) is 19.2. The van der Waals surface area contributed by atoms with Crippen LogP contribution in [0.5, 0.6) is 0 Å². The maximum absolute atomic E-state index is 4.44. The van der Waals surface area contributed by atoms with Crippen LogP contribution >= 0.6 is 12.4 Å². The van der Waals surface area contributed by atoms with Gasteiger partial charge in [0.15, 0.2) is 5.82 Å². The van der Waals surface area contributed by atoms with E-state index < -0.39 is 0 Å². The topological polar surface area (TPSA) is 41.9 Å². The average Bonchev–Trinajstić information content (AvgIpc) is 2.92. The zero-order chi connectivity index (χ0) is 12.7. The SMILES string of the molecule is Cl.c1cnc2c(c1)-n1cccc1C1(CCCCC1)NN2. The lowest BCUT2D eigenvalue weighted by molar-refractivity contribution is 0.242. The Morgan fingerprint density at radius 3 is 2.80 bits per heavy atom. The number of nitrogens with zero attached hydrogens (tertiary/aromatic N) is 2. The fraction of sp³-hybridized carbons (Fsp3) is 0.400. The van der Waals surface area contributed by atoms with Crippen molar-refractivity contribution in [2.45, 2.75) is 37.6 Å². The number of fused-ring (bicyclic) bond motifs is 4. The van der Waals surface area contributed by atoms with Gasteiger partial charge in [-0.15, -0.1) is 12.4 Å². The molecule has 106 valence electrons. The van der Waals surface area contributed by atoms with E-state index in [1.165, 1.54) is 37.8 Å². The Bertz CT molecular complexity index is 601. The van der Waals surface area contributed by atoms with E-state index in [9.17, 15) is 0 Å². The minimum atomic E-state index is 0. The molecule has 1 saturated carbocycles. The number of halogens is 1. The number of hydrogen-bond donors (Lipinski definition) is 2. The second-order valence-electron chi connectivity index (χ2n) is 5.53. The lowest BCUT2D eigenvalue weighted by Gasteiger charge is -2.37. The van der Waals surface area contributed by atoms with Crippen molar-refractivity contribution in [3.8, 4) is 5.69 Å². The molecule has 0 aromatic carbocycles. The minimum Gasteiger partial charge on any atom is -0.316 e. The summed E-state index contributed by atoms with van der Waals surface area (Å²) in [5.74, 6) is 0.905. The third-order valence-electron chi connectivity index (χ3n) is 4.41. The average molecular weight is 291 g/mol. The highest BCUT2D eigenvalue weighted by Gasteiger charge is 2.38. The first kappa shape index (κ1) is 13.5. The van der Waals surface area contributed by atoms with Crippen molar-refractivity contribution >= 4 is 18.2 Å². The largest absolute Gasteiger partial charge is 0.316 e. The van der Waals surface area contributed by atoms with Crippen LogP contribution in [0.15, 0.2) is 36.7 Å². The van der Waals surface area contributed by atoms with Gasteiger partial charge in [0.1, 0.15) is 0 Å². The van der Waals surface area contributed by atoms with Crippen LogP contribution in [0.2, 0.25) is 0 Å². The van der Waals surface area contributed by atoms with Crippen LogP contribution in [0.3, 0.4) is 0 Å². The highest BCUT2D eigenvalue weighted by molar-refractivity contribution is 5.85. The van der Waals surface area contributed by atoms with Gasteiger partial charge in [-0.25, -0.2) is 10.4 Å². The van der Waals surface area contributed by atoms with Gasteiger partial charge in [-0.1, -0.05) is 19.3 Å². The molecule has 4 nitrogen and oxygen atoms in total. The van der Waals surface area contributed by atoms with E-state index in [2.05, 4.69) is 44.8 Å². The van der Waals surface area contributed by atoms with Crippen molar-refractivity contribution < 1.29 is 0 Å². The molecule has 2 aromatic heterocycles. The number of hydrogen-bond acceptors (Lipinski definition) is 3. The smallest absolute Gasteiger partial charge is 0.164 e. The number of aromatic nitrogens is 2. The summed E-state index contributed by atoms with van der Waals surface area (Å²) in [5.41, 5.74) is 9.42. The Morgan fingerprint density at radius 2 is 1.95 bits per heavy atom.